The molecule has 1 aliphatic heterocycles. The molecule has 1 aliphatic rings. The van der Waals surface area contributed by atoms with Crippen LogP contribution in [-0.2, 0) is 24.8 Å². The first-order valence-electron chi connectivity index (χ1n) is 15.9. The summed E-state index contributed by atoms with van der Waals surface area (Å²) in [5, 5.41) is 10.2. The SMILES string of the molecule is C[C@@H]1CN([C@@H](C)CO)C(=O)c2cc(NS(=O)(=O)c3ccccc3)ccc2O[C@@H](C)CCCCO[C@H]1CN(C)S(=O)(=O)c1ccc(F)cc1. The molecular formula is C34H44FN3O8S2. The standard InChI is InChI=1S/C34H44FN3O8S2/c1-24-21-38(25(2)23-39)34(40)31-20-28(36-47(41,42)29-11-6-5-7-12-29)15-18-32(31)46-26(3)10-8-9-19-45-33(24)22-37(4)48(43,44)30-16-13-27(35)14-17-30/h5-7,11-18,20,24-26,33,36,39H,8-10,19,21-23H2,1-4H3/t24-,25+,26+,33+/m1/s1. The van der Waals surface area contributed by atoms with Crippen molar-refractivity contribution >= 4 is 31.6 Å². The average molecular weight is 706 g/mol. The molecule has 11 nitrogen and oxygen atoms in total. The van der Waals surface area contributed by atoms with Crippen LogP contribution in [-0.4, -0.2) is 88.7 Å². The van der Waals surface area contributed by atoms with Gasteiger partial charge < -0.3 is 19.5 Å². The highest BCUT2D eigenvalue weighted by atomic mass is 32.2. The van der Waals surface area contributed by atoms with Crippen molar-refractivity contribution < 1.29 is 40.6 Å². The predicted molar refractivity (Wildman–Crippen MR) is 180 cm³/mol. The molecule has 4 atom stereocenters. The van der Waals surface area contributed by atoms with Crippen molar-refractivity contribution in [2.75, 3.05) is 38.1 Å². The van der Waals surface area contributed by atoms with Gasteiger partial charge >= 0.3 is 0 Å². The maximum Gasteiger partial charge on any atom is 0.261 e. The van der Waals surface area contributed by atoms with Crippen molar-refractivity contribution in [3.05, 3.63) is 84.2 Å². The van der Waals surface area contributed by atoms with E-state index in [1.807, 2.05) is 13.8 Å². The Bertz CT molecular complexity index is 1740. The zero-order valence-electron chi connectivity index (χ0n) is 27.6. The van der Waals surface area contributed by atoms with Gasteiger partial charge in [-0.05, 0) is 87.7 Å². The number of carbonyl (C=O) groups excluding carboxylic acids is 1. The summed E-state index contributed by atoms with van der Waals surface area (Å²) >= 11 is 0. The van der Waals surface area contributed by atoms with Gasteiger partial charge in [-0.3, -0.25) is 9.52 Å². The fourth-order valence-corrected chi connectivity index (χ4v) is 7.65. The van der Waals surface area contributed by atoms with Gasteiger partial charge in [-0.25, -0.2) is 21.2 Å². The summed E-state index contributed by atoms with van der Waals surface area (Å²) < 4.78 is 82.5. The second kappa shape index (κ2) is 16.2. The number of nitrogens with one attached hydrogen (secondary N) is 1. The number of fused-ring (bicyclic) bond motifs is 1. The summed E-state index contributed by atoms with van der Waals surface area (Å²) in [6.07, 6.45) is 1.10. The monoisotopic (exact) mass is 705 g/mol. The van der Waals surface area contributed by atoms with Gasteiger partial charge in [0.1, 0.15) is 11.6 Å². The first kappa shape index (κ1) is 37.3. The molecule has 1 amide bonds. The van der Waals surface area contributed by atoms with Crippen molar-refractivity contribution in [1.82, 2.24) is 9.21 Å². The van der Waals surface area contributed by atoms with Crippen LogP contribution in [0.1, 0.15) is 50.4 Å². The zero-order valence-corrected chi connectivity index (χ0v) is 29.2. The van der Waals surface area contributed by atoms with E-state index in [1.54, 1.807) is 31.2 Å². The number of carbonyl (C=O) groups is 1. The molecule has 0 spiro atoms. The van der Waals surface area contributed by atoms with Crippen LogP contribution in [0.3, 0.4) is 0 Å². The molecule has 48 heavy (non-hydrogen) atoms. The minimum atomic E-state index is -3.98. The smallest absolute Gasteiger partial charge is 0.261 e. The third-order valence-corrected chi connectivity index (χ3v) is 11.6. The predicted octanol–water partition coefficient (Wildman–Crippen LogP) is 4.74. The lowest BCUT2D eigenvalue weighted by molar-refractivity contribution is -0.00834. The van der Waals surface area contributed by atoms with Crippen molar-refractivity contribution in [3.63, 3.8) is 0 Å². The van der Waals surface area contributed by atoms with E-state index in [4.69, 9.17) is 9.47 Å². The van der Waals surface area contributed by atoms with E-state index in [2.05, 4.69) is 4.72 Å². The number of nitrogens with zero attached hydrogens (tertiary/aromatic N) is 2. The lowest BCUT2D eigenvalue weighted by Crippen LogP contribution is -2.48. The molecule has 1 heterocycles. The Balaban J connectivity index is 1.67. The van der Waals surface area contributed by atoms with Crippen LogP contribution in [0.5, 0.6) is 5.75 Å². The van der Waals surface area contributed by atoms with Crippen molar-refractivity contribution in [3.8, 4) is 5.75 Å². The number of halogens is 1. The number of anilines is 1. The second-order valence-corrected chi connectivity index (χ2v) is 15.9. The van der Waals surface area contributed by atoms with Gasteiger partial charge in [0, 0.05) is 38.3 Å². The molecule has 0 saturated heterocycles. The summed E-state index contributed by atoms with van der Waals surface area (Å²) in [6.45, 7) is 5.40. The van der Waals surface area contributed by atoms with Crippen LogP contribution >= 0.6 is 0 Å². The van der Waals surface area contributed by atoms with Crippen molar-refractivity contribution in [1.29, 1.82) is 0 Å². The number of aliphatic hydroxyl groups excluding tert-OH is 1. The molecule has 0 aromatic heterocycles. The Kier molecular flexibility index (Phi) is 12.6. The van der Waals surface area contributed by atoms with Gasteiger partial charge in [0.2, 0.25) is 10.0 Å². The maximum atomic E-state index is 14.3. The lowest BCUT2D eigenvalue weighted by atomic mass is 10.0. The Morgan fingerprint density at radius 1 is 1.00 bits per heavy atom. The van der Waals surface area contributed by atoms with E-state index in [0.717, 1.165) is 22.9 Å². The molecule has 14 heteroatoms. The molecule has 3 aromatic rings. The summed E-state index contributed by atoms with van der Waals surface area (Å²) in [5.41, 5.74) is 0.259. The Morgan fingerprint density at radius 3 is 2.35 bits per heavy atom. The minimum Gasteiger partial charge on any atom is -0.490 e. The summed E-state index contributed by atoms with van der Waals surface area (Å²) in [7, 11) is -6.51. The quantitative estimate of drug-likeness (QED) is 0.325. The fraction of sp³-hybridized carbons (Fsp3) is 0.441. The van der Waals surface area contributed by atoms with E-state index in [0.29, 0.717) is 19.4 Å². The molecule has 3 aromatic carbocycles. The lowest BCUT2D eigenvalue weighted by Gasteiger charge is -2.35. The number of hydrogen-bond acceptors (Lipinski definition) is 8. The normalized spacial score (nSPS) is 20.8. The molecule has 0 aliphatic carbocycles. The van der Waals surface area contributed by atoms with Crippen LogP contribution in [0.25, 0.3) is 0 Å². The largest absolute Gasteiger partial charge is 0.490 e. The van der Waals surface area contributed by atoms with Gasteiger partial charge in [-0.1, -0.05) is 25.1 Å². The van der Waals surface area contributed by atoms with Crippen LogP contribution in [0.4, 0.5) is 10.1 Å². The molecule has 0 fully saturated rings. The highest BCUT2D eigenvalue weighted by Gasteiger charge is 2.32. The molecule has 0 radical (unpaired) electrons. The zero-order chi connectivity index (χ0) is 35.1. The summed E-state index contributed by atoms with van der Waals surface area (Å²) in [4.78, 5) is 15.8. The first-order valence-corrected chi connectivity index (χ1v) is 18.8. The Labute approximate surface area is 282 Å². The number of hydrogen-bond donors (Lipinski definition) is 2. The molecule has 0 saturated carbocycles. The van der Waals surface area contributed by atoms with Crippen LogP contribution in [0.15, 0.2) is 82.6 Å². The van der Waals surface area contributed by atoms with Crippen molar-refractivity contribution in [2.45, 2.75) is 68.1 Å². The van der Waals surface area contributed by atoms with Gasteiger partial charge in [0.15, 0.2) is 0 Å². The van der Waals surface area contributed by atoms with Crippen LogP contribution in [0, 0.1) is 11.7 Å². The van der Waals surface area contributed by atoms with Crippen LogP contribution < -0.4 is 9.46 Å². The number of likely N-dealkylation sites (N-methyl/N-ethyl adjacent to an activating group) is 1. The number of sulfonamides is 2. The summed E-state index contributed by atoms with van der Waals surface area (Å²) in [5.74, 6) is -1.20. The number of rotatable bonds is 9. The van der Waals surface area contributed by atoms with Gasteiger partial charge in [-0.15, -0.1) is 0 Å². The van der Waals surface area contributed by atoms with Crippen molar-refractivity contribution in [2.24, 2.45) is 5.92 Å². The molecule has 262 valence electrons. The summed E-state index contributed by atoms with van der Waals surface area (Å²) in [6, 6.07) is 16.3. The van der Waals surface area contributed by atoms with Gasteiger partial charge in [0.05, 0.1) is 40.2 Å². The number of aliphatic hydroxyl groups is 1. The molecule has 2 N–H and O–H groups in total. The Hall–Kier alpha value is -3.56. The van der Waals surface area contributed by atoms with E-state index >= 15 is 0 Å². The average Bonchev–Trinajstić information content (AvgIpc) is 3.06. The van der Waals surface area contributed by atoms with E-state index in [-0.39, 0.29) is 52.6 Å². The number of ether oxygens (including phenoxy) is 2. The molecule has 0 unspecified atom stereocenters. The van der Waals surface area contributed by atoms with E-state index < -0.39 is 49.8 Å². The van der Waals surface area contributed by atoms with Gasteiger partial charge in [-0.2, -0.15) is 4.31 Å². The molecular weight excluding hydrogens is 662 g/mol. The topological polar surface area (TPSA) is 143 Å². The Morgan fingerprint density at radius 2 is 1.69 bits per heavy atom. The molecule has 4 rings (SSSR count). The fourth-order valence-electron chi connectivity index (χ4n) is 5.40. The van der Waals surface area contributed by atoms with Crippen LogP contribution in [0.2, 0.25) is 0 Å². The third kappa shape index (κ3) is 9.32. The number of benzene rings is 3. The highest BCUT2D eigenvalue weighted by Crippen LogP contribution is 2.30. The third-order valence-electron chi connectivity index (χ3n) is 8.32. The minimum absolute atomic E-state index is 0.0437. The number of amides is 1. The van der Waals surface area contributed by atoms with Gasteiger partial charge in [0.25, 0.3) is 15.9 Å². The molecule has 0 bridgehead atoms. The second-order valence-electron chi connectivity index (χ2n) is 12.2. The maximum absolute atomic E-state index is 14.3. The van der Waals surface area contributed by atoms with E-state index in [1.165, 1.54) is 48.3 Å². The highest BCUT2D eigenvalue weighted by molar-refractivity contribution is 7.92. The van der Waals surface area contributed by atoms with E-state index in [9.17, 15) is 31.1 Å². The first-order chi connectivity index (χ1) is 22.7.